The van der Waals surface area contributed by atoms with Crippen LogP contribution in [0.4, 0.5) is 0 Å². The zero-order valence-electron chi connectivity index (χ0n) is 13.4. The lowest BCUT2D eigenvalue weighted by atomic mass is 10.1. The maximum Gasteiger partial charge on any atom is 0.134 e. The highest BCUT2D eigenvalue weighted by Crippen LogP contribution is 2.30. The van der Waals surface area contributed by atoms with E-state index in [1.54, 1.807) is 0 Å². The van der Waals surface area contributed by atoms with Gasteiger partial charge in [0, 0.05) is 30.1 Å². The van der Waals surface area contributed by atoms with Gasteiger partial charge >= 0.3 is 0 Å². The Kier molecular flexibility index (Phi) is 4.32. The van der Waals surface area contributed by atoms with Crippen LogP contribution in [0.25, 0.3) is 11.0 Å². The van der Waals surface area contributed by atoms with Crippen molar-refractivity contribution < 1.29 is 4.42 Å². The van der Waals surface area contributed by atoms with Crippen LogP contribution in [-0.4, -0.2) is 24.0 Å². The number of benzene rings is 1. The summed E-state index contributed by atoms with van der Waals surface area (Å²) in [5.41, 5.74) is 2.35. The summed E-state index contributed by atoms with van der Waals surface area (Å²) in [5.74, 6) is 1.93. The molecule has 0 amide bonds. The summed E-state index contributed by atoms with van der Waals surface area (Å²) in [4.78, 5) is 2.55. The lowest BCUT2D eigenvalue weighted by Gasteiger charge is -2.20. The van der Waals surface area contributed by atoms with Crippen molar-refractivity contribution in [1.29, 1.82) is 0 Å². The Morgan fingerprint density at radius 1 is 1.29 bits per heavy atom. The van der Waals surface area contributed by atoms with E-state index in [9.17, 15) is 0 Å². The van der Waals surface area contributed by atoms with E-state index in [2.05, 4.69) is 49.2 Å². The summed E-state index contributed by atoms with van der Waals surface area (Å²) in [6, 6.07) is 9.04. The van der Waals surface area contributed by atoms with Crippen molar-refractivity contribution >= 4 is 11.0 Å². The maximum absolute atomic E-state index is 6.16. The van der Waals surface area contributed by atoms with Crippen LogP contribution in [0.5, 0.6) is 0 Å². The van der Waals surface area contributed by atoms with Crippen molar-refractivity contribution in [3.05, 3.63) is 35.6 Å². The molecule has 1 N–H and O–H groups in total. The quantitative estimate of drug-likeness (QED) is 0.907. The number of rotatable bonds is 5. The monoisotopic (exact) mass is 286 g/mol. The number of likely N-dealkylation sites (tertiary alicyclic amines) is 1. The highest BCUT2D eigenvalue weighted by molar-refractivity contribution is 5.82. The summed E-state index contributed by atoms with van der Waals surface area (Å²) in [7, 11) is 0. The predicted molar refractivity (Wildman–Crippen MR) is 87.2 cm³/mol. The van der Waals surface area contributed by atoms with Crippen molar-refractivity contribution in [3.63, 3.8) is 0 Å². The summed E-state index contributed by atoms with van der Waals surface area (Å²) < 4.78 is 6.16. The van der Waals surface area contributed by atoms with Crippen LogP contribution >= 0.6 is 0 Å². The largest absolute Gasteiger partial charge is 0.459 e. The minimum absolute atomic E-state index is 0.653. The van der Waals surface area contributed by atoms with Gasteiger partial charge in [-0.25, -0.2) is 0 Å². The SMILES string of the molecule is CCNCc1c(CN2CC(C)CC2C)oc2ccccc12. The van der Waals surface area contributed by atoms with E-state index in [1.807, 2.05) is 6.07 Å². The molecule has 2 aromatic rings. The molecule has 1 saturated heterocycles. The van der Waals surface area contributed by atoms with E-state index in [0.717, 1.165) is 36.9 Å². The predicted octanol–water partition coefficient (Wildman–Crippen LogP) is 3.77. The fourth-order valence-electron chi connectivity index (χ4n) is 3.51. The van der Waals surface area contributed by atoms with E-state index < -0.39 is 0 Å². The Balaban J connectivity index is 1.89. The highest BCUT2D eigenvalue weighted by Gasteiger charge is 2.28. The van der Waals surface area contributed by atoms with E-state index in [0.29, 0.717) is 6.04 Å². The van der Waals surface area contributed by atoms with Crippen LogP contribution in [0.2, 0.25) is 0 Å². The smallest absolute Gasteiger partial charge is 0.134 e. The molecule has 21 heavy (non-hydrogen) atoms. The normalized spacial score (nSPS) is 23.2. The summed E-state index contributed by atoms with van der Waals surface area (Å²) in [6.07, 6.45) is 1.29. The second-order valence-corrected chi connectivity index (χ2v) is 6.40. The molecular weight excluding hydrogens is 260 g/mol. The first-order chi connectivity index (χ1) is 10.2. The minimum atomic E-state index is 0.653. The Morgan fingerprint density at radius 3 is 2.81 bits per heavy atom. The second kappa shape index (κ2) is 6.20. The lowest BCUT2D eigenvalue weighted by Crippen LogP contribution is -2.27. The van der Waals surface area contributed by atoms with Crippen LogP contribution < -0.4 is 5.32 Å². The molecule has 3 rings (SSSR count). The Labute approximate surface area is 127 Å². The van der Waals surface area contributed by atoms with Gasteiger partial charge in [0.15, 0.2) is 0 Å². The van der Waals surface area contributed by atoms with Gasteiger partial charge in [-0.3, -0.25) is 4.90 Å². The molecular formula is C18H26N2O. The van der Waals surface area contributed by atoms with Crippen LogP contribution in [0.3, 0.4) is 0 Å². The maximum atomic E-state index is 6.16. The van der Waals surface area contributed by atoms with Gasteiger partial charge in [0.2, 0.25) is 0 Å². The third-order valence-electron chi connectivity index (χ3n) is 4.59. The Morgan fingerprint density at radius 2 is 2.10 bits per heavy atom. The van der Waals surface area contributed by atoms with Crippen molar-refractivity contribution in [2.24, 2.45) is 5.92 Å². The molecule has 2 unspecified atom stereocenters. The number of fused-ring (bicyclic) bond motifs is 1. The fourth-order valence-corrected chi connectivity index (χ4v) is 3.51. The van der Waals surface area contributed by atoms with Crippen LogP contribution in [0.15, 0.2) is 28.7 Å². The van der Waals surface area contributed by atoms with E-state index >= 15 is 0 Å². The molecule has 1 aromatic carbocycles. The van der Waals surface area contributed by atoms with Crippen molar-refractivity contribution in [2.75, 3.05) is 13.1 Å². The highest BCUT2D eigenvalue weighted by atomic mass is 16.3. The summed E-state index contributed by atoms with van der Waals surface area (Å²) in [6.45, 7) is 10.8. The zero-order chi connectivity index (χ0) is 14.8. The minimum Gasteiger partial charge on any atom is -0.459 e. The van der Waals surface area contributed by atoms with Crippen molar-refractivity contribution in [1.82, 2.24) is 10.2 Å². The molecule has 3 nitrogen and oxygen atoms in total. The molecule has 1 aromatic heterocycles. The molecule has 1 fully saturated rings. The zero-order valence-corrected chi connectivity index (χ0v) is 13.4. The molecule has 0 radical (unpaired) electrons. The standard InChI is InChI=1S/C18H26N2O/c1-4-19-10-16-15-7-5-6-8-17(15)21-18(16)12-20-11-13(2)9-14(20)3/h5-8,13-14,19H,4,9-12H2,1-3H3. The molecule has 2 atom stereocenters. The van der Waals surface area contributed by atoms with Crippen molar-refractivity contribution in [2.45, 2.75) is 46.3 Å². The molecule has 0 saturated carbocycles. The van der Waals surface area contributed by atoms with Gasteiger partial charge in [-0.2, -0.15) is 0 Å². The lowest BCUT2D eigenvalue weighted by molar-refractivity contribution is 0.236. The molecule has 1 aliphatic heterocycles. The summed E-state index contributed by atoms with van der Waals surface area (Å²) >= 11 is 0. The average Bonchev–Trinajstić information content (AvgIpc) is 2.97. The van der Waals surface area contributed by atoms with Gasteiger partial charge in [-0.15, -0.1) is 0 Å². The van der Waals surface area contributed by atoms with Gasteiger partial charge in [0.05, 0.1) is 6.54 Å². The first-order valence-corrected chi connectivity index (χ1v) is 8.13. The third kappa shape index (κ3) is 2.99. The average molecular weight is 286 g/mol. The first-order valence-electron chi connectivity index (χ1n) is 8.13. The molecule has 0 aliphatic carbocycles. The Bertz CT molecular complexity index is 604. The van der Waals surface area contributed by atoms with E-state index in [1.165, 1.54) is 23.9 Å². The van der Waals surface area contributed by atoms with Gasteiger partial charge in [-0.1, -0.05) is 32.0 Å². The van der Waals surface area contributed by atoms with E-state index in [4.69, 9.17) is 4.42 Å². The number of hydrogen-bond acceptors (Lipinski definition) is 3. The first kappa shape index (κ1) is 14.6. The van der Waals surface area contributed by atoms with Gasteiger partial charge in [0.25, 0.3) is 0 Å². The van der Waals surface area contributed by atoms with Gasteiger partial charge in [0.1, 0.15) is 11.3 Å². The molecule has 1 aliphatic rings. The van der Waals surface area contributed by atoms with Crippen LogP contribution in [0, 0.1) is 5.92 Å². The topological polar surface area (TPSA) is 28.4 Å². The molecule has 114 valence electrons. The van der Waals surface area contributed by atoms with Crippen molar-refractivity contribution in [3.8, 4) is 0 Å². The molecule has 3 heteroatoms. The number of nitrogens with zero attached hydrogens (tertiary/aromatic N) is 1. The molecule has 2 heterocycles. The van der Waals surface area contributed by atoms with Crippen LogP contribution in [0.1, 0.15) is 38.5 Å². The fraction of sp³-hybridized carbons (Fsp3) is 0.556. The number of furan rings is 1. The van der Waals surface area contributed by atoms with E-state index in [-0.39, 0.29) is 0 Å². The second-order valence-electron chi connectivity index (χ2n) is 6.40. The molecule has 0 spiro atoms. The molecule has 0 bridgehead atoms. The van der Waals surface area contributed by atoms with Gasteiger partial charge < -0.3 is 9.73 Å². The number of hydrogen-bond donors (Lipinski definition) is 1. The number of nitrogens with one attached hydrogen (secondary N) is 1. The third-order valence-corrected chi connectivity index (χ3v) is 4.59. The number of para-hydroxylation sites is 1. The van der Waals surface area contributed by atoms with Gasteiger partial charge in [-0.05, 0) is 31.9 Å². The summed E-state index contributed by atoms with van der Waals surface area (Å²) in [5, 5.41) is 4.71. The van der Waals surface area contributed by atoms with Crippen LogP contribution in [-0.2, 0) is 13.1 Å². The Hall–Kier alpha value is -1.32.